The minimum Gasteiger partial charge on any atom is -0.469 e. The molecular formula is C24H42N4O10. The number of aliphatic hydroxyl groups excluding tert-OH is 3. The molecule has 38 heavy (non-hydrogen) atoms. The minimum atomic E-state index is -1.62. The molecule has 6 atom stereocenters. The van der Waals surface area contributed by atoms with Crippen LogP contribution in [-0.4, -0.2) is 94.6 Å². The van der Waals surface area contributed by atoms with Crippen LogP contribution in [0.1, 0.15) is 61.3 Å². The monoisotopic (exact) mass is 546 g/mol. The Morgan fingerprint density at radius 1 is 0.947 bits per heavy atom. The van der Waals surface area contributed by atoms with E-state index < -0.39 is 78.0 Å². The number of ether oxygens (including phenoxy) is 3. The van der Waals surface area contributed by atoms with Crippen molar-refractivity contribution < 1.29 is 48.7 Å². The Morgan fingerprint density at radius 3 is 1.84 bits per heavy atom. The normalized spacial score (nSPS) is 21.8. The number of carbonyl (C=O) groups excluding carboxylic acids is 4. The Labute approximate surface area is 222 Å². The number of esters is 1. The van der Waals surface area contributed by atoms with Gasteiger partial charge in [-0.1, -0.05) is 0 Å². The number of carbonyl (C=O) groups is 4. The van der Waals surface area contributed by atoms with Crippen LogP contribution in [0.4, 0.5) is 9.59 Å². The van der Waals surface area contributed by atoms with Crippen LogP contribution in [0.5, 0.6) is 0 Å². The van der Waals surface area contributed by atoms with Gasteiger partial charge in [-0.2, -0.15) is 0 Å². The number of amides is 3. The van der Waals surface area contributed by atoms with Crippen LogP contribution in [0.25, 0.3) is 0 Å². The molecule has 14 heteroatoms. The number of hydrogen-bond donors (Lipinski definition) is 6. The van der Waals surface area contributed by atoms with Crippen molar-refractivity contribution in [3.63, 3.8) is 0 Å². The zero-order chi connectivity index (χ0) is 29.4. The molecule has 0 aromatic carbocycles. The smallest absolute Gasteiger partial charge is 0.414 e. The second-order valence-corrected chi connectivity index (χ2v) is 11.1. The molecule has 1 rings (SSSR count). The lowest BCUT2D eigenvalue weighted by Crippen LogP contribution is -2.55. The lowest BCUT2D eigenvalue weighted by Gasteiger charge is -2.33. The number of guanidine groups is 1. The molecule has 0 heterocycles. The van der Waals surface area contributed by atoms with Crippen LogP contribution in [0.2, 0.25) is 0 Å². The first-order valence-corrected chi connectivity index (χ1v) is 12.3. The molecule has 0 aromatic heterocycles. The standard InChI is InChI=1S/C24H42N4O10/c1-12(30)25-17(18(32)16(31)11-29)14-9-13(19(33)36-8)10-15(14)26-20(27-21(34)37-23(2,3)4)28-22(35)38-24(5,6)7/h13-18,29,31-32H,9-11H2,1-8H3,(H,25,30)(H2,26,27,28,34,35)/t13?,14-,15-,16?,17?,18?/m0/s1. The molecule has 0 saturated heterocycles. The molecule has 0 radical (unpaired) electrons. The predicted molar refractivity (Wildman–Crippen MR) is 135 cm³/mol. The van der Waals surface area contributed by atoms with Gasteiger partial charge < -0.3 is 34.8 Å². The van der Waals surface area contributed by atoms with Gasteiger partial charge in [-0.25, -0.2) is 14.6 Å². The van der Waals surface area contributed by atoms with Gasteiger partial charge in [0.1, 0.15) is 23.4 Å². The molecule has 1 fully saturated rings. The molecule has 218 valence electrons. The highest BCUT2D eigenvalue weighted by molar-refractivity contribution is 6.01. The highest BCUT2D eigenvalue weighted by Crippen LogP contribution is 2.38. The van der Waals surface area contributed by atoms with E-state index in [1.54, 1.807) is 41.5 Å². The van der Waals surface area contributed by atoms with Crippen LogP contribution in [0.15, 0.2) is 4.99 Å². The number of methoxy groups -OCH3 is 1. The van der Waals surface area contributed by atoms with Crippen molar-refractivity contribution in [2.45, 2.75) is 96.8 Å². The summed E-state index contributed by atoms with van der Waals surface area (Å²) in [5.74, 6) is -2.95. The highest BCUT2D eigenvalue weighted by Gasteiger charge is 2.46. The summed E-state index contributed by atoms with van der Waals surface area (Å²) in [5.41, 5.74) is -1.73. The Bertz CT molecular complexity index is 848. The first-order valence-electron chi connectivity index (χ1n) is 12.3. The SMILES string of the molecule is COC(=O)C1C[C@H](N=C(NC(=O)OC(C)(C)C)NC(=O)OC(C)(C)C)[C@@H](C(NC(C)=O)C(O)C(O)CO)C1. The number of aliphatic imine (C=N–C) groups is 1. The Balaban J connectivity index is 3.49. The van der Waals surface area contributed by atoms with Gasteiger partial charge in [-0.05, 0) is 54.4 Å². The number of nitrogens with one attached hydrogen (secondary N) is 3. The van der Waals surface area contributed by atoms with Crippen molar-refractivity contribution in [3.05, 3.63) is 0 Å². The van der Waals surface area contributed by atoms with Gasteiger partial charge in [0.15, 0.2) is 0 Å². The molecule has 4 unspecified atom stereocenters. The first kappa shape index (κ1) is 33.1. The maximum atomic E-state index is 12.5. The molecular weight excluding hydrogens is 504 g/mol. The number of rotatable bonds is 7. The zero-order valence-corrected chi connectivity index (χ0v) is 23.2. The lowest BCUT2D eigenvalue weighted by molar-refractivity contribution is -0.145. The fourth-order valence-electron chi connectivity index (χ4n) is 4.03. The maximum absolute atomic E-state index is 12.5. The van der Waals surface area contributed by atoms with Gasteiger partial charge in [0.25, 0.3) is 0 Å². The van der Waals surface area contributed by atoms with Crippen LogP contribution in [0.3, 0.4) is 0 Å². The molecule has 1 saturated carbocycles. The summed E-state index contributed by atoms with van der Waals surface area (Å²) < 4.78 is 15.4. The van der Waals surface area contributed by atoms with E-state index in [-0.39, 0.29) is 18.8 Å². The van der Waals surface area contributed by atoms with Crippen molar-refractivity contribution in [2.75, 3.05) is 13.7 Å². The Kier molecular flexibility index (Phi) is 11.9. The highest BCUT2D eigenvalue weighted by atomic mass is 16.6. The van der Waals surface area contributed by atoms with Crippen LogP contribution < -0.4 is 16.0 Å². The second kappa shape index (κ2) is 13.7. The fourth-order valence-corrected chi connectivity index (χ4v) is 4.03. The third-order valence-corrected chi connectivity index (χ3v) is 5.43. The van der Waals surface area contributed by atoms with E-state index in [9.17, 15) is 34.5 Å². The number of hydrogen-bond acceptors (Lipinski definition) is 11. The summed E-state index contributed by atoms with van der Waals surface area (Å²) in [5, 5.41) is 37.4. The first-order chi connectivity index (χ1) is 17.4. The van der Waals surface area contributed by atoms with Crippen molar-refractivity contribution in [3.8, 4) is 0 Å². The van der Waals surface area contributed by atoms with Gasteiger partial charge in [0.05, 0.1) is 31.7 Å². The number of aliphatic hydroxyl groups is 3. The van der Waals surface area contributed by atoms with Gasteiger partial charge in [-0.15, -0.1) is 0 Å². The van der Waals surface area contributed by atoms with Crippen molar-refractivity contribution in [2.24, 2.45) is 16.8 Å². The quantitative estimate of drug-likeness (QED) is 0.111. The van der Waals surface area contributed by atoms with E-state index >= 15 is 0 Å². The topological polar surface area (TPSA) is 205 Å². The fraction of sp³-hybridized carbons (Fsp3) is 0.792. The van der Waals surface area contributed by atoms with Crippen LogP contribution in [-0.2, 0) is 23.8 Å². The summed E-state index contributed by atoms with van der Waals surface area (Å²) in [6.45, 7) is 10.3. The molecule has 1 aliphatic carbocycles. The van der Waals surface area contributed by atoms with Crippen LogP contribution in [0, 0.1) is 11.8 Å². The summed E-state index contributed by atoms with van der Waals surface area (Å²) >= 11 is 0. The van der Waals surface area contributed by atoms with Crippen molar-refractivity contribution in [1.29, 1.82) is 0 Å². The Hall–Kier alpha value is -2.97. The van der Waals surface area contributed by atoms with E-state index in [1.807, 2.05) is 0 Å². The molecule has 14 nitrogen and oxygen atoms in total. The predicted octanol–water partition coefficient (Wildman–Crippen LogP) is 0.178. The average Bonchev–Trinajstić information content (AvgIpc) is 3.16. The molecule has 0 spiro atoms. The van der Waals surface area contributed by atoms with E-state index in [0.717, 1.165) is 0 Å². The molecule has 0 aliphatic heterocycles. The molecule has 0 bridgehead atoms. The van der Waals surface area contributed by atoms with Gasteiger partial charge in [0.2, 0.25) is 11.9 Å². The number of nitrogens with zero attached hydrogens (tertiary/aromatic N) is 1. The molecule has 1 aliphatic rings. The number of alkyl carbamates (subject to hydrolysis) is 2. The summed E-state index contributed by atoms with van der Waals surface area (Å²) in [7, 11) is 1.21. The van der Waals surface area contributed by atoms with E-state index in [4.69, 9.17) is 14.2 Å². The average molecular weight is 547 g/mol. The van der Waals surface area contributed by atoms with Crippen molar-refractivity contribution in [1.82, 2.24) is 16.0 Å². The largest absolute Gasteiger partial charge is 0.469 e. The lowest BCUT2D eigenvalue weighted by atomic mass is 9.87. The Morgan fingerprint density at radius 2 is 1.45 bits per heavy atom. The van der Waals surface area contributed by atoms with E-state index in [0.29, 0.717) is 0 Å². The third-order valence-electron chi connectivity index (χ3n) is 5.43. The van der Waals surface area contributed by atoms with Gasteiger partial charge in [0, 0.05) is 12.8 Å². The second-order valence-electron chi connectivity index (χ2n) is 11.1. The zero-order valence-electron chi connectivity index (χ0n) is 23.2. The van der Waals surface area contributed by atoms with E-state index in [2.05, 4.69) is 20.9 Å². The minimum absolute atomic E-state index is 0.0604. The summed E-state index contributed by atoms with van der Waals surface area (Å²) in [6.07, 6.45) is -4.95. The van der Waals surface area contributed by atoms with Crippen LogP contribution >= 0.6 is 0 Å². The van der Waals surface area contributed by atoms with Gasteiger partial charge in [-0.3, -0.25) is 20.2 Å². The molecule has 0 aromatic rings. The van der Waals surface area contributed by atoms with Crippen molar-refractivity contribution >= 4 is 30.0 Å². The molecule has 6 N–H and O–H groups in total. The maximum Gasteiger partial charge on any atom is 0.414 e. The third kappa shape index (κ3) is 11.2. The van der Waals surface area contributed by atoms with E-state index in [1.165, 1.54) is 14.0 Å². The molecule has 3 amide bonds. The van der Waals surface area contributed by atoms with Gasteiger partial charge >= 0.3 is 18.2 Å². The summed E-state index contributed by atoms with van der Waals surface area (Å²) in [4.78, 5) is 53.7. The summed E-state index contributed by atoms with van der Waals surface area (Å²) in [6, 6.07) is -2.03.